The first-order valence-electron chi connectivity index (χ1n) is 8.26. The van der Waals surface area contributed by atoms with E-state index in [-0.39, 0.29) is 11.9 Å². The van der Waals surface area contributed by atoms with E-state index in [4.69, 9.17) is 9.47 Å². The van der Waals surface area contributed by atoms with Crippen LogP contribution in [0, 0.1) is 6.92 Å². The van der Waals surface area contributed by atoms with Crippen LogP contribution in [0.4, 0.5) is 0 Å². The number of rotatable bonds is 7. The molecule has 2 aromatic rings. The molecule has 0 saturated carbocycles. The van der Waals surface area contributed by atoms with Gasteiger partial charge in [-0.15, -0.1) is 0 Å². The second-order valence-corrected chi connectivity index (χ2v) is 5.81. The fourth-order valence-electron chi connectivity index (χ4n) is 2.38. The van der Waals surface area contributed by atoms with Crippen LogP contribution < -0.4 is 14.8 Å². The summed E-state index contributed by atoms with van der Waals surface area (Å²) >= 11 is 0. The highest BCUT2D eigenvalue weighted by molar-refractivity contribution is 5.81. The number of benzene rings is 2. The summed E-state index contributed by atoms with van der Waals surface area (Å²) in [5, 5.41) is 2.98. The Labute approximate surface area is 143 Å². The number of amides is 1. The maximum Gasteiger partial charge on any atom is 0.261 e. The van der Waals surface area contributed by atoms with Gasteiger partial charge in [-0.05, 0) is 63.1 Å². The summed E-state index contributed by atoms with van der Waals surface area (Å²) < 4.78 is 11.1. The summed E-state index contributed by atoms with van der Waals surface area (Å²) in [7, 11) is 0. The molecule has 0 fully saturated rings. The van der Waals surface area contributed by atoms with Crippen molar-refractivity contribution in [3.63, 3.8) is 0 Å². The van der Waals surface area contributed by atoms with Crippen molar-refractivity contribution in [3.8, 4) is 11.5 Å². The molecule has 4 heteroatoms. The molecule has 0 aliphatic heterocycles. The van der Waals surface area contributed by atoms with Crippen LogP contribution in [0.15, 0.2) is 48.5 Å². The van der Waals surface area contributed by atoms with Crippen LogP contribution in [0.25, 0.3) is 0 Å². The predicted octanol–water partition coefficient (Wildman–Crippen LogP) is 4.04. The Morgan fingerprint density at radius 3 is 2.42 bits per heavy atom. The summed E-state index contributed by atoms with van der Waals surface area (Å²) in [6.45, 7) is 8.28. The number of nitrogens with one attached hydrogen (secondary N) is 1. The van der Waals surface area contributed by atoms with Gasteiger partial charge in [-0.2, -0.15) is 0 Å². The molecule has 0 aromatic heterocycles. The minimum absolute atomic E-state index is 0.100. The molecular weight excluding hydrogens is 302 g/mol. The molecule has 2 aromatic carbocycles. The van der Waals surface area contributed by atoms with Crippen molar-refractivity contribution in [2.75, 3.05) is 6.61 Å². The van der Waals surface area contributed by atoms with Crippen molar-refractivity contribution in [1.29, 1.82) is 0 Å². The Morgan fingerprint density at radius 2 is 1.79 bits per heavy atom. The van der Waals surface area contributed by atoms with E-state index in [2.05, 4.69) is 5.32 Å². The molecule has 1 N–H and O–H groups in total. The minimum Gasteiger partial charge on any atom is -0.494 e. The van der Waals surface area contributed by atoms with Crippen LogP contribution in [0.5, 0.6) is 11.5 Å². The lowest BCUT2D eigenvalue weighted by atomic mass is 10.1. The molecule has 0 saturated heterocycles. The van der Waals surface area contributed by atoms with E-state index < -0.39 is 6.10 Å². The van der Waals surface area contributed by atoms with E-state index in [0.717, 1.165) is 16.9 Å². The van der Waals surface area contributed by atoms with Gasteiger partial charge in [-0.25, -0.2) is 0 Å². The summed E-state index contributed by atoms with van der Waals surface area (Å²) in [5.74, 6) is 1.39. The Kier molecular flexibility index (Phi) is 6.24. The lowest BCUT2D eigenvalue weighted by molar-refractivity contribution is -0.127. The average molecular weight is 327 g/mol. The summed E-state index contributed by atoms with van der Waals surface area (Å²) in [6.07, 6.45) is -0.558. The molecule has 2 atom stereocenters. The second kappa shape index (κ2) is 8.39. The maximum absolute atomic E-state index is 12.3. The minimum atomic E-state index is -0.558. The first kappa shape index (κ1) is 17.9. The molecule has 24 heavy (non-hydrogen) atoms. The lowest BCUT2D eigenvalue weighted by Crippen LogP contribution is -2.37. The topological polar surface area (TPSA) is 47.6 Å². The molecule has 1 amide bonds. The van der Waals surface area contributed by atoms with Gasteiger partial charge in [0.15, 0.2) is 6.10 Å². The number of ether oxygens (including phenoxy) is 2. The Bertz CT molecular complexity index is 667. The van der Waals surface area contributed by atoms with Crippen LogP contribution in [-0.2, 0) is 4.79 Å². The van der Waals surface area contributed by atoms with Crippen molar-refractivity contribution in [1.82, 2.24) is 5.32 Å². The fraction of sp³-hybridized carbons (Fsp3) is 0.350. The third-order valence-corrected chi connectivity index (χ3v) is 3.72. The zero-order valence-electron chi connectivity index (χ0n) is 14.7. The van der Waals surface area contributed by atoms with Gasteiger partial charge in [-0.1, -0.05) is 24.3 Å². The molecule has 0 aliphatic carbocycles. The van der Waals surface area contributed by atoms with Crippen molar-refractivity contribution < 1.29 is 14.3 Å². The van der Waals surface area contributed by atoms with Gasteiger partial charge in [0.25, 0.3) is 5.91 Å². The third-order valence-electron chi connectivity index (χ3n) is 3.72. The van der Waals surface area contributed by atoms with Crippen molar-refractivity contribution in [3.05, 3.63) is 59.7 Å². The molecular formula is C20H25NO3. The van der Waals surface area contributed by atoms with Gasteiger partial charge in [0, 0.05) is 0 Å². The largest absolute Gasteiger partial charge is 0.494 e. The zero-order valence-corrected chi connectivity index (χ0v) is 14.7. The molecule has 0 bridgehead atoms. The number of hydrogen-bond acceptors (Lipinski definition) is 3. The average Bonchev–Trinajstić information content (AvgIpc) is 2.55. The maximum atomic E-state index is 12.3. The summed E-state index contributed by atoms with van der Waals surface area (Å²) in [5.41, 5.74) is 2.12. The number of carbonyl (C=O) groups excluding carboxylic acids is 1. The van der Waals surface area contributed by atoms with Gasteiger partial charge in [0.1, 0.15) is 11.5 Å². The molecule has 128 valence electrons. The standard InChI is InChI=1S/C20H25NO3/c1-5-23-18-11-9-17(10-12-18)15(3)21-20(22)16(4)24-19-8-6-7-14(2)13-19/h6-13,15-16H,5H2,1-4H3,(H,21,22). The molecule has 2 rings (SSSR count). The zero-order chi connectivity index (χ0) is 17.5. The molecule has 0 aliphatic rings. The van der Waals surface area contributed by atoms with E-state index in [1.807, 2.05) is 69.3 Å². The highest BCUT2D eigenvalue weighted by atomic mass is 16.5. The van der Waals surface area contributed by atoms with Gasteiger partial charge < -0.3 is 14.8 Å². The SMILES string of the molecule is CCOc1ccc(C(C)NC(=O)C(C)Oc2cccc(C)c2)cc1. The lowest BCUT2D eigenvalue weighted by Gasteiger charge is -2.19. The molecule has 0 heterocycles. The monoisotopic (exact) mass is 327 g/mol. The van der Waals surface area contributed by atoms with Gasteiger partial charge in [0.2, 0.25) is 0 Å². The van der Waals surface area contributed by atoms with Gasteiger partial charge in [-0.3, -0.25) is 4.79 Å². The Morgan fingerprint density at radius 1 is 1.08 bits per heavy atom. The Hall–Kier alpha value is -2.49. The van der Waals surface area contributed by atoms with Crippen LogP contribution in [0.3, 0.4) is 0 Å². The van der Waals surface area contributed by atoms with E-state index in [1.165, 1.54) is 0 Å². The quantitative estimate of drug-likeness (QED) is 0.835. The number of carbonyl (C=O) groups is 1. The normalized spacial score (nSPS) is 13.0. The summed E-state index contributed by atoms with van der Waals surface area (Å²) in [6, 6.07) is 15.3. The Balaban J connectivity index is 1.92. The van der Waals surface area contributed by atoms with Crippen molar-refractivity contribution in [2.45, 2.75) is 39.8 Å². The van der Waals surface area contributed by atoms with Gasteiger partial charge >= 0.3 is 0 Å². The first-order valence-corrected chi connectivity index (χ1v) is 8.26. The predicted molar refractivity (Wildman–Crippen MR) is 95.4 cm³/mol. The van der Waals surface area contributed by atoms with Gasteiger partial charge in [0.05, 0.1) is 12.6 Å². The molecule has 4 nitrogen and oxygen atoms in total. The number of hydrogen-bond donors (Lipinski definition) is 1. The first-order chi connectivity index (χ1) is 11.5. The highest BCUT2D eigenvalue weighted by Crippen LogP contribution is 2.18. The van der Waals surface area contributed by atoms with Crippen LogP contribution in [-0.4, -0.2) is 18.6 Å². The van der Waals surface area contributed by atoms with E-state index >= 15 is 0 Å². The highest BCUT2D eigenvalue weighted by Gasteiger charge is 2.17. The smallest absolute Gasteiger partial charge is 0.261 e. The van der Waals surface area contributed by atoms with Crippen molar-refractivity contribution in [2.24, 2.45) is 0 Å². The fourth-order valence-corrected chi connectivity index (χ4v) is 2.38. The van der Waals surface area contributed by atoms with E-state index in [9.17, 15) is 4.79 Å². The molecule has 0 radical (unpaired) electrons. The van der Waals surface area contributed by atoms with E-state index in [0.29, 0.717) is 12.4 Å². The van der Waals surface area contributed by atoms with Crippen molar-refractivity contribution >= 4 is 5.91 Å². The van der Waals surface area contributed by atoms with Crippen LogP contribution in [0.1, 0.15) is 37.9 Å². The number of aryl methyl sites for hydroxylation is 1. The van der Waals surface area contributed by atoms with Crippen LogP contribution in [0.2, 0.25) is 0 Å². The van der Waals surface area contributed by atoms with Crippen LogP contribution >= 0.6 is 0 Å². The third kappa shape index (κ3) is 5.01. The second-order valence-electron chi connectivity index (χ2n) is 5.81. The molecule has 0 spiro atoms. The molecule has 2 unspecified atom stereocenters. The van der Waals surface area contributed by atoms with E-state index in [1.54, 1.807) is 6.92 Å². The summed E-state index contributed by atoms with van der Waals surface area (Å²) in [4.78, 5) is 12.3.